The molecule has 5 aromatic rings. The number of aromatic nitrogens is 7. The molecule has 9 atom stereocenters. The summed E-state index contributed by atoms with van der Waals surface area (Å²) >= 11 is 5.93. The van der Waals surface area contributed by atoms with E-state index in [2.05, 4.69) is 51.2 Å². The van der Waals surface area contributed by atoms with Crippen molar-refractivity contribution in [3.05, 3.63) is 88.5 Å². The van der Waals surface area contributed by atoms with Crippen LogP contribution in [0, 0.1) is 12.5 Å². The molecule has 3 aliphatic heterocycles. The Morgan fingerprint density at radius 2 is 1.92 bits per heavy atom. The van der Waals surface area contributed by atoms with Crippen molar-refractivity contribution in [3.63, 3.8) is 0 Å². The van der Waals surface area contributed by atoms with Crippen molar-refractivity contribution in [2.24, 2.45) is 5.92 Å². The van der Waals surface area contributed by atoms with Crippen LogP contribution in [0.1, 0.15) is 52.1 Å². The number of anilines is 1. The Labute approximate surface area is 350 Å². The lowest BCUT2D eigenvalue weighted by Gasteiger charge is -2.28. The van der Waals surface area contributed by atoms with Gasteiger partial charge in [-0.25, -0.2) is 16.5 Å². The van der Waals surface area contributed by atoms with Crippen molar-refractivity contribution in [2.75, 3.05) is 38.3 Å². The number of hydrogen-bond donors (Lipinski definition) is 2. The van der Waals surface area contributed by atoms with E-state index in [0.29, 0.717) is 28.4 Å². The van der Waals surface area contributed by atoms with Gasteiger partial charge < -0.3 is 51.9 Å². The fraction of sp³-hybridized carbons (Fsp3) is 0.486. The van der Waals surface area contributed by atoms with Crippen molar-refractivity contribution in [2.45, 2.75) is 76.4 Å². The molecule has 7 heterocycles. The number of carbonyl (C=O) groups excluding carboxylic acids is 1. The van der Waals surface area contributed by atoms with Crippen LogP contribution in [0.5, 0.6) is 5.75 Å². The largest absolute Gasteiger partial charge is 0.484 e. The first-order chi connectivity index (χ1) is 28.8. The molecule has 8 rings (SSSR count). The van der Waals surface area contributed by atoms with Crippen LogP contribution in [0.2, 0.25) is 0 Å². The van der Waals surface area contributed by atoms with E-state index in [4.69, 9.17) is 55.2 Å². The summed E-state index contributed by atoms with van der Waals surface area (Å²) in [5.74, 6) is 0.0658. The molecule has 3 aliphatic rings. The maximum atomic E-state index is 13.0. The van der Waals surface area contributed by atoms with Gasteiger partial charge in [0.05, 0.1) is 25.0 Å². The van der Waals surface area contributed by atoms with Crippen LogP contribution in [0.15, 0.2) is 66.0 Å². The van der Waals surface area contributed by atoms with Gasteiger partial charge in [0, 0.05) is 43.2 Å². The van der Waals surface area contributed by atoms with Crippen LogP contribution >= 0.6 is 15.3 Å². The highest BCUT2D eigenvalue weighted by Crippen LogP contribution is 2.55. The van der Waals surface area contributed by atoms with Gasteiger partial charge in [-0.15, -0.1) is 5.10 Å². The molecule has 3 fully saturated rings. The number of amides is 1. The Morgan fingerprint density at radius 3 is 2.70 bits per heavy atom. The molecule has 2 bridgehead atoms. The molecule has 60 heavy (non-hydrogen) atoms. The summed E-state index contributed by atoms with van der Waals surface area (Å²) in [4.78, 5) is 48.9. The zero-order valence-electron chi connectivity index (χ0n) is 33.0. The summed E-state index contributed by atoms with van der Waals surface area (Å²) in [7, 11) is -2.52. The van der Waals surface area contributed by atoms with Crippen molar-refractivity contribution in [1.29, 1.82) is 0 Å². The van der Waals surface area contributed by atoms with Gasteiger partial charge in [-0.2, -0.15) is 4.68 Å². The molecule has 0 spiro atoms. The van der Waals surface area contributed by atoms with Crippen LogP contribution in [-0.2, 0) is 54.1 Å². The number of carbonyl (C=O) groups is 1. The first kappa shape index (κ1) is 42.4. The van der Waals surface area contributed by atoms with Crippen LogP contribution < -0.4 is 15.6 Å². The number of nitrogens with one attached hydrogen (secondary N) is 1. The Bertz CT molecular complexity index is 2490. The SMILES string of the molecule is [C-]#[N+]CCOP1(=S)OC[C@H]2O[C@@H](n3ccc(=O)n4ccnc34)[C@H](OP(O)OC[C@H]3O[C@@H](n4nnc5c(NC(=O)COc6ccc(C(C)(C)C)cc6)ccnc54)C[C@@H]3O1)[C@@H]2C. The highest BCUT2D eigenvalue weighted by atomic mass is 32.5. The van der Waals surface area contributed by atoms with E-state index >= 15 is 0 Å². The normalized spacial score (nSPS) is 28.7. The average molecular weight is 884 g/mol. The zero-order valence-corrected chi connectivity index (χ0v) is 35.6. The quantitative estimate of drug-likeness (QED) is 0.117. The number of benzene rings is 1. The van der Waals surface area contributed by atoms with E-state index in [9.17, 15) is 14.5 Å². The van der Waals surface area contributed by atoms with Gasteiger partial charge in [0.25, 0.3) is 11.5 Å². The fourth-order valence-electron chi connectivity index (χ4n) is 7.10. The van der Waals surface area contributed by atoms with Crippen molar-refractivity contribution in [3.8, 4) is 5.75 Å². The Hall–Kier alpha value is -4.29. The topological polar surface area (TPSA) is 210 Å². The molecule has 2 N–H and O–H groups in total. The monoisotopic (exact) mass is 883 g/mol. The van der Waals surface area contributed by atoms with Crippen molar-refractivity contribution < 1.29 is 46.5 Å². The van der Waals surface area contributed by atoms with E-state index in [1.165, 1.54) is 33.7 Å². The molecule has 0 radical (unpaired) electrons. The molecule has 1 aromatic carbocycles. The number of hydrogen-bond acceptors (Lipinski definition) is 16. The lowest BCUT2D eigenvalue weighted by Crippen LogP contribution is -2.30. The summed E-state index contributed by atoms with van der Waals surface area (Å²) < 4.78 is 53.9. The minimum atomic E-state index is -3.60. The molecule has 1 amide bonds. The van der Waals surface area contributed by atoms with E-state index < -0.39 is 58.1 Å². The van der Waals surface area contributed by atoms with E-state index in [-0.39, 0.29) is 56.3 Å². The van der Waals surface area contributed by atoms with Gasteiger partial charge in [-0.3, -0.25) is 18.6 Å². The number of nitrogens with zero attached hydrogens (tertiary/aromatic N) is 8. The first-order valence-corrected chi connectivity index (χ1v) is 22.8. The number of fused-ring (bicyclic) bond motifs is 5. The van der Waals surface area contributed by atoms with E-state index in [1.807, 2.05) is 31.2 Å². The third kappa shape index (κ3) is 9.01. The van der Waals surface area contributed by atoms with Crippen molar-refractivity contribution in [1.82, 2.24) is 33.9 Å². The van der Waals surface area contributed by atoms with Crippen LogP contribution in [0.3, 0.4) is 0 Å². The van der Waals surface area contributed by atoms with Crippen molar-refractivity contribution >= 4 is 55.7 Å². The molecular formula is C37H43N9O11P2S. The molecule has 23 heteroatoms. The highest BCUT2D eigenvalue weighted by molar-refractivity contribution is 8.07. The molecule has 3 saturated heterocycles. The maximum Gasteiger partial charge on any atom is 0.330 e. The van der Waals surface area contributed by atoms with Gasteiger partial charge in [0.2, 0.25) is 12.3 Å². The molecule has 318 valence electrons. The number of ether oxygens (including phenoxy) is 3. The maximum absolute atomic E-state index is 13.0. The molecule has 4 aromatic heterocycles. The van der Waals surface area contributed by atoms with Crippen LogP contribution in [0.4, 0.5) is 5.69 Å². The minimum absolute atomic E-state index is 0.0148. The summed E-state index contributed by atoms with van der Waals surface area (Å²) in [6.07, 6.45) is 1.46. The smallest absolute Gasteiger partial charge is 0.330 e. The van der Waals surface area contributed by atoms with Gasteiger partial charge in [-0.05, 0) is 41.0 Å². The summed E-state index contributed by atoms with van der Waals surface area (Å²) in [5, 5.41) is 11.5. The van der Waals surface area contributed by atoms with Crippen LogP contribution in [0.25, 0.3) is 21.8 Å². The second-order valence-corrected chi connectivity index (χ2v) is 19.2. The molecule has 0 saturated carbocycles. The molecular weight excluding hydrogens is 840 g/mol. The fourth-order valence-corrected chi connectivity index (χ4v) is 10.1. The van der Waals surface area contributed by atoms with Crippen LogP contribution in [-0.4, -0.2) is 102 Å². The Balaban J connectivity index is 1.00. The summed E-state index contributed by atoms with van der Waals surface area (Å²) in [6.45, 7) is 11.3. The van der Waals surface area contributed by atoms with Gasteiger partial charge in [-0.1, -0.05) is 45.0 Å². The Morgan fingerprint density at radius 1 is 1.10 bits per heavy atom. The summed E-state index contributed by atoms with van der Waals surface area (Å²) in [5.41, 5.74) is 1.83. The standard InChI is InChI=1S/C37H43N9O11P2S/c1-22-27-20-53-59(60,52-17-14-38-5)57-26-18-31(54-28(26)19-51-58(49)56-33(22)35(55-27)45-15-11-30(48)44-16-13-40-36(44)45)46-34-32(42-43-46)25(10-12-39-34)41-29(47)21-50-24-8-6-23(7-9-24)37(2,3)4/h6-13,15-16,22,26-28,31,33,35,49H,14,17-21H2,1-4H3,(H,39,41,47)/t22-,26+,27-,28-,31-,33-,35-,58?,59?/m1/s1. The predicted octanol–water partition coefficient (Wildman–Crippen LogP) is 4.67. The number of rotatable bonds is 9. The second kappa shape index (κ2) is 17.6. The van der Waals surface area contributed by atoms with E-state index in [0.717, 1.165) is 5.56 Å². The lowest BCUT2D eigenvalue weighted by atomic mass is 9.87. The molecule has 0 aliphatic carbocycles. The average Bonchev–Trinajstić information content (AvgIpc) is 4.03. The summed E-state index contributed by atoms with van der Waals surface area (Å²) in [6, 6.07) is 10.6. The predicted molar refractivity (Wildman–Crippen MR) is 218 cm³/mol. The van der Waals surface area contributed by atoms with Gasteiger partial charge in [0.1, 0.15) is 30.7 Å². The second-order valence-electron chi connectivity index (χ2n) is 15.3. The van der Waals surface area contributed by atoms with Gasteiger partial charge in [0.15, 0.2) is 30.2 Å². The lowest BCUT2D eigenvalue weighted by molar-refractivity contribution is -0.118. The molecule has 2 unspecified atom stereocenters. The van der Waals surface area contributed by atoms with Gasteiger partial charge >= 0.3 is 15.3 Å². The number of imidazole rings is 1. The minimum Gasteiger partial charge on any atom is -0.484 e. The highest BCUT2D eigenvalue weighted by Gasteiger charge is 2.49. The third-order valence-corrected chi connectivity index (χ3v) is 13.5. The number of pyridine rings is 1. The van der Waals surface area contributed by atoms with E-state index in [1.54, 1.807) is 16.8 Å². The first-order valence-electron chi connectivity index (χ1n) is 19.1. The molecule has 20 nitrogen and oxygen atoms in total. The zero-order chi connectivity index (χ0) is 42.2. The third-order valence-electron chi connectivity index (χ3n) is 10.3. The Kier molecular flexibility index (Phi) is 12.4.